The summed E-state index contributed by atoms with van der Waals surface area (Å²) in [6.45, 7) is 10.1. The van der Waals surface area contributed by atoms with Gasteiger partial charge in [0.1, 0.15) is 12.1 Å². The summed E-state index contributed by atoms with van der Waals surface area (Å²) in [6.07, 6.45) is -0.00628. The van der Waals surface area contributed by atoms with Crippen LogP contribution in [-0.4, -0.2) is 35.6 Å². The van der Waals surface area contributed by atoms with Gasteiger partial charge < -0.3 is 10.1 Å². The van der Waals surface area contributed by atoms with Crippen LogP contribution in [0.25, 0.3) is 0 Å². The van der Waals surface area contributed by atoms with Gasteiger partial charge in [0, 0.05) is 18.8 Å². The Balaban J connectivity index is 0. The third kappa shape index (κ3) is 9.81. The summed E-state index contributed by atoms with van der Waals surface area (Å²) in [5, 5.41) is 2.47. The fourth-order valence-corrected chi connectivity index (χ4v) is 1.81. The number of nitrogens with one attached hydrogen (secondary N) is 1. The fourth-order valence-electron chi connectivity index (χ4n) is 1.81. The molecule has 0 aromatic carbocycles. The molecule has 0 fully saturated rings. The minimum Gasteiger partial charge on any atom is -0.459 e. The number of Topliss-reactive ketones (excluding diaryl/α,β-unsaturated/α-hetero) is 2. The summed E-state index contributed by atoms with van der Waals surface area (Å²) in [6, 6.07) is 0. The van der Waals surface area contributed by atoms with Crippen molar-refractivity contribution in [2.45, 2.75) is 67.4 Å². The molecule has 0 radical (unpaired) electrons. The third-order valence-corrected chi connectivity index (χ3v) is 3.01. The van der Waals surface area contributed by atoms with Crippen LogP contribution in [0.4, 0.5) is 0 Å². The van der Waals surface area contributed by atoms with Gasteiger partial charge in [0.05, 0.1) is 0 Å². The maximum Gasteiger partial charge on any atom is 0.325 e. The van der Waals surface area contributed by atoms with E-state index < -0.39 is 35.0 Å². The molecular weight excluding hydrogens is 298 g/mol. The highest BCUT2D eigenvalue weighted by atomic mass is 16.6. The van der Waals surface area contributed by atoms with Crippen molar-refractivity contribution >= 4 is 23.4 Å². The molecule has 0 unspecified atom stereocenters. The second-order valence-corrected chi connectivity index (χ2v) is 6.56. The molecular formula is C17H31NO5. The van der Waals surface area contributed by atoms with Crippen LogP contribution in [0.15, 0.2) is 0 Å². The predicted molar refractivity (Wildman–Crippen MR) is 88.8 cm³/mol. The molecule has 23 heavy (non-hydrogen) atoms. The summed E-state index contributed by atoms with van der Waals surface area (Å²) in [5.74, 6) is -2.74. The lowest BCUT2D eigenvalue weighted by Crippen LogP contribution is -2.40. The molecule has 0 aliphatic carbocycles. The number of carbonyl (C=O) groups is 4. The van der Waals surface area contributed by atoms with Crippen molar-refractivity contribution in [2.24, 2.45) is 11.8 Å². The lowest BCUT2D eigenvalue weighted by atomic mass is 9.88. The van der Waals surface area contributed by atoms with Gasteiger partial charge in [-0.25, -0.2) is 0 Å². The Morgan fingerprint density at radius 3 is 1.96 bits per heavy atom. The number of esters is 1. The summed E-state index contributed by atoms with van der Waals surface area (Å²) < 4.78 is 5.09. The van der Waals surface area contributed by atoms with Crippen LogP contribution < -0.4 is 5.32 Å². The first-order chi connectivity index (χ1) is 9.97. The number of hydrogen-bond acceptors (Lipinski definition) is 5. The average molecular weight is 329 g/mol. The van der Waals surface area contributed by atoms with Crippen molar-refractivity contribution in [1.82, 2.24) is 5.32 Å². The van der Waals surface area contributed by atoms with Crippen LogP contribution in [0.5, 0.6) is 0 Å². The van der Waals surface area contributed by atoms with Gasteiger partial charge in [-0.05, 0) is 26.7 Å². The standard InChI is InChI=1S/C16H27NO5.CH4/c1-7-12(18)13(19)8-11(10(2)3)15(21)17-9-14(20)22-16(4,5)6;/h10-11H,7-9H2,1-6H3,(H,17,21);1H4/t11-;/m0./s1. The Hall–Kier alpha value is -1.72. The molecule has 1 atom stereocenters. The molecule has 0 aliphatic heterocycles. The molecule has 0 heterocycles. The zero-order chi connectivity index (χ0) is 17.5. The molecule has 0 spiro atoms. The highest BCUT2D eigenvalue weighted by Crippen LogP contribution is 2.16. The van der Waals surface area contributed by atoms with Crippen molar-refractivity contribution in [1.29, 1.82) is 0 Å². The van der Waals surface area contributed by atoms with E-state index in [4.69, 9.17) is 4.74 Å². The predicted octanol–water partition coefficient (Wildman–Crippen LogP) is 2.29. The van der Waals surface area contributed by atoms with Gasteiger partial charge in [-0.2, -0.15) is 0 Å². The molecule has 1 N–H and O–H groups in total. The Bertz CT molecular complexity index is 435. The number of ketones is 2. The van der Waals surface area contributed by atoms with Gasteiger partial charge in [0.25, 0.3) is 0 Å². The molecule has 0 aliphatic rings. The summed E-state index contributed by atoms with van der Waals surface area (Å²) in [4.78, 5) is 46.8. The summed E-state index contributed by atoms with van der Waals surface area (Å²) in [5.41, 5.74) is -0.622. The number of amides is 1. The highest BCUT2D eigenvalue weighted by molar-refractivity contribution is 6.37. The molecule has 0 bridgehead atoms. The van der Waals surface area contributed by atoms with E-state index in [1.54, 1.807) is 41.5 Å². The first kappa shape index (κ1) is 23.5. The van der Waals surface area contributed by atoms with Gasteiger partial charge in [-0.3, -0.25) is 19.2 Å². The Kier molecular flexibility index (Phi) is 10.4. The first-order valence-electron chi connectivity index (χ1n) is 7.53. The Morgan fingerprint density at radius 2 is 1.57 bits per heavy atom. The molecule has 1 amide bonds. The van der Waals surface area contributed by atoms with Crippen molar-refractivity contribution in [3.8, 4) is 0 Å². The van der Waals surface area contributed by atoms with E-state index in [0.29, 0.717) is 0 Å². The summed E-state index contributed by atoms with van der Waals surface area (Å²) in [7, 11) is 0. The Morgan fingerprint density at radius 1 is 1.04 bits per heavy atom. The number of ether oxygens (including phenoxy) is 1. The maximum absolute atomic E-state index is 12.1. The topological polar surface area (TPSA) is 89.5 Å². The molecule has 6 heteroatoms. The van der Waals surface area contributed by atoms with E-state index in [1.165, 1.54) is 0 Å². The molecule has 6 nitrogen and oxygen atoms in total. The number of carbonyl (C=O) groups excluding carboxylic acids is 4. The van der Waals surface area contributed by atoms with Crippen LogP contribution in [0.3, 0.4) is 0 Å². The van der Waals surface area contributed by atoms with Crippen LogP contribution in [-0.2, 0) is 23.9 Å². The van der Waals surface area contributed by atoms with Crippen LogP contribution in [0, 0.1) is 11.8 Å². The molecule has 0 aromatic heterocycles. The van der Waals surface area contributed by atoms with Gasteiger partial charge in [-0.15, -0.1) is 0 Å². The molecule has 0 saturated carbocycles. The fraction of sp³-hybridized carbons (Fsp3) is 0.765. The second kappa shape index (κ2) is 10.1. The van der Waals surface area contributed by atoms with Crippen molar-refractivity contribution in [3.63, 3.8) is 0 Å². The largest absolute Gasteiger partial charge is 0.459 e. The maximum atomic E-state index is 12.1. The van der Waals surface area contributed by atoms with E-state index in [0.717, 1.165) is 0 Å². The number of rotatable bonds is 8. The van der Waals surface area contributed by atoms with Crippen molar-refractivity contribution in [2.75, 3.05) is 6.54 Å². The normalized spacial score (nSPS) is 12.1. The monoisotopic (exact) mass is 329 g/mol. The molecule has 134 valence electrons. The lowest BCUT2D eigenvalue weighted by molar-refractivity contribution is -0.154. The average Bonchev–Trinajstić information content (AvgIpc) is 2.38. The van der Waals surface area contributed by atoms with Crippen LogP contribution in [0.1, 0.15) is 61.8 Å². The first-order valence-corrected chi connectivity index (χ1v) is 7.53. The smallest absolute Gasteiger partial charge is 0.325 e. The van der Waals surface area contributed by atoms with E-state index in [1.807, 2.05) is 0 Å². The SMILES string of the molecule is C.CCC(=O)C(=O)C[C@H](C(=O)NCC(=O)OC(C)(C)C)C(C)C. The van der Waals surface area contributed by atoms with E-state index >= 15 is 0 Å². The number of hydrogen-bond donors (Lipinski definition) is 1. The van der Waals surface area contributed by atoms with Gasteiger partial charge in [0.2, 0.25) is 5.91 Å². The zero-order valence-electron chi connectivity index (χ0n) is 14.3. The van der Waals surface area contributed by atoms with Gasteiger partial charge >= 0.3 is 5.97 Å². The van der Waals surface area contributed by atoms with E-state index in [9.17, 15) is 19.2 Å². The quantitative estimate of drug-likeness (QED) is 0.545. The molecule has 0 saturated heterocycles. The van der Waals surface area contributed by atoms with Gasteiger partial charge in [-0.1, -0.05) is 28.2 Å². The highest BCUT2D eigenvalue weighted by Gasteiger charge is 2.28. The molecule has 0 rings (SSSR count). The van der Waals surface area contributed by atoms with E-state index in [-0.39, 0.29) is 32.7 Å². The van der Waals surface area contributed by atoms with Crippen molar-refractivity contribution in [3.05, 3.63) is 0 Å². The minimum atomic E-state index is -0.634. The summed E-state index contributed by atoms with van der Waals surface area (Å²) >= 11 is 0. The van der Waals surface area contributed by atoms with Crippen LogP contribution in [0.2, 0.25) is 0 Å². The Labute approximate surface area is 139 Å². The van der Waals surface area contributed by atoms with Crippen molar-refractivity contribution < 1.29 is 23.9 Å². The molecule has 0 aromatic rings. The minimum absolute atomic E-state index is 0. The van der Waals surface area contributed by atoms with Crippen LogP contribution >= 0.6 is 0 Å². The zero-order valence-corrected chi connectivity index (χ0v) is 14.3. The third-order valence-electron chi connectivity index (χ3n) is 3.01. The van der Waals surface area contributed by atoms with E-state index in [2.05, 4.69) is 5.32 Å². The van der Waals surface area contributed by atoms with Gasteiger partial charge in [0.15, 0.2) is 11.6 Å². The lowest BCUT2D eigenvalue weighted by Gasteiger charge is -2.21. The second-order valence-electron chi connectivity index (χ2n) is 6.56.